The Morgan fingerprint density at radius 2 is 2.10 bits per heavy atom. The van der Waals surface area contributed by atoms with Crippen LogP contribution in [0.25, 0.3) is 0 Å². The average molecular weight is 423 g/mol. The monoisotopic (exact) mass is 422 g/mol. The standard InChI is InChI=1S/C21H38N6OS/c1-3-22-21(24-17-10-8-11-18(16-17)29(28)4-2)23-14-9-13-20-26-25-19-12-6-5-7-15-27(19)20/h17-18H,3-16H2,1-2H3,(H2,22,23,24). The molecule has 0 aromatic carbocycles. The van der Waals surface area contributed by atoms with Crippen LogP contribution in [0.4, 0.5) is 0 Å². The molecule has 0 saturated heterocycles. The number of hydrogen-bond acceptors (Lipinski definition) is 4. The van der Waals surface area contributed by atoms with E-state index in [1.54, 1.807) is 0 Å². The normalized spacial score (nSPS) is 23.9. The summed E-state index contributed by atoms with van der Waals surface area (Å²) < 4.78 is 14.5. The Kier molecular flexibility index (Phi) is 8.95. The van der Waals surface area contributed by atoms with E-state index in [0.717, 1.165) is 87.9 Å². The van der Waals surface area contributed by atoms with Gasteiger partial charge in [0.05, 0.1) is 0 Å². The molecular weight excluding hydrogens is 384 g/mol. The lowest BCUT2D eigenvalue weighted by atomic mass is 9.95. The molecule has 8 heteroatoms. The van der Waals surface area contributed by atoms with E-state index in [2.05, 4.69) is 32.3 Å². The van der Waals surface area contributed by atoms with Gasteiger partial charge in [0.1, 0.15) is 11.6 Å². The molecule has 164 valence electrons. The van der Waals surface area contributed by atoms with Crippen LogP contribution in [-0.2, 0) is 30.2 Å². The Morgan fingerprint density at radius 1 is 1.21 bits per heavy atom. The molecule has 1 saturated carbocycles. The number of aryl methyl sites for hydroxylation is 2. The second-order valence-corrected chi connectivity index (χ2v) is 10.2. The summed E-state index contributed by atoms with van der Waals surface area (Å²) in [6.45, 7) is 6.80. The molecule has 1 aliphatic carbocycles. The maximum absolute atomic E-state index is 12.2. The largest absolute Gasteiger partial charge is 0.357 e. The fourth-order valence-electron chi connectivity index (χ4n) is 4.42. The van der Waals surface area contributed by atoms with Crippen molar-refractivity contribution in [2.45, 2.75) is 95.9 Å². The summed E-state index contributed by atoms with van der Waals surface area (Å²) in [5.41, 5.74) is 0. The van der Waals surface area contributed by atoms with Gasteiger partial charge in [-0.25, -0.2) is 0 Å². The van der Waals surface area contributed by atoms with Crippen LogP contribution in [0, 0.1) is 0 Å². The van der Waals surface area contributed by atoms with Crippen molar-refractivity contribution < 1.29 is 4.21 Å². The summed E-state index contributed by atoms with van der Waals surface area (Å²) in [7, 11) is -0.695. The Hall–Kier alpha value is -1.44. The van der Waals surface area contributed by atoms with Crippen LogP contribution in [0.2, 0.25) is 0 Å². The number of aliphatic imine (C=N–C) groups is 1. The fraction of sp³-hybridized carbons (Fsp3) is 0.857. The van der Waals surface area contributed by atoms with Gasteiger partial charge in [-0.15, -0.1) is 10.2 Å². The first-order chi connectivity index (χ1) is 14.2. The third-order valence-electron chi connectivity index (χ3n) is 5.98. The predicted octanol–water partition coefficient (Wildman–Crippen LogP) is 2.57. The Bertz CT molecular complexity index is 689. The highest BCUT2D eigenvalue weighted by molar-refractivity contribution is 7.85. The Balaban J connectivity index is 1.49. The summed E-state index contributed by atoms with van der Waals surface area (Å²) in [4.78, 5) is 4.79. The Labute approximate surface area is 178 Å². The summed E-state index contributed by atoms with van der Waals surface area (Å²) >= 11 is 0. The molecule has 1 fully saturated rings. The zero-order valence-corrected chi connectivity index (χ0v) is 19.0. The first kappa shape index (κ1) is 22.2. The third-order valence-corrected chi connectivity index (χ3v) is 7.72. The maximum atomic E-state index is 12.2. The van der Waals surface area contributed by atoms with Crippen molar-refractivity contribution in [3.8, 4) is 0 Å². The number of hydrogen-bond donors (Lipinski definition) is 2. The van der Waals surface area contributed by atoms with Crippen molar-refractivity contribution in [1.82, 2.24) is 25.4 Å². The van der Waals surface area contributed by atoms with Gasteiger partial charge in [-0.05, 0) is 45.4 Å². The van der Waals surface area contributed by atoms with Crippen molar-refractivity contribution in [2.24, 2.45) is 4.99 Å². The molecule has 0 bridgehead atoms. The minimum atomic E-state index is -0.695. The van der Waals surface area contributed by atoms with Crippen LogP contribution in [0.5, 0.6) is 0 Å². The molecule has 0 amide bonds. The quantitative estimate of drug-likeness (QED) is 0.382. The van der Waals surface area contributed by atoms with Gasteiger partial charge < -0.3 is 15.2 Å². The molecule has 2 heterocycles. The van der Waals surface area contributed by atoms with Crippen molar-refractivity contribution in [1.29, 1.82) is 0 Å². The van der Waals surface area contributed by atoms with Gasteiger partial charge in [0, 0.05) is 60.3 Å². The lowest BCUT2D eigenvalue weighted by Crippen LogP contribution is -2.46. The van der Waals surface area contributed by atoms with E-state index in [-0.39, 0.29) is 0 Å². The van der Waals surface area contributed by atoms with Crippen molar-refractivity contribution in [3.63, 3.8) is 0 Å². The SMILES string of the molecule is CCNC(=NCCCc1nnc2n1CCCCC2)NC1CCCC(S(=O)CC)C1. The zero-order chi connectivity index (χ0) is 20.5. The van der Waals surface area contributed by atoms with Crippen LogP contribution >= 0.6 is 0 Å². The lowest BCUT2D eigenvalue weighted by molar-refractivity contribution is 0.413. The molecule has 1 aromatic heterocycles. The number of nitrogens with one attached hydrogen (secondary N) is 2. The molecule has 3 atom stereocenters. The molecule has 29 heavy (non-hydrogen) atoms. The van der Waals surface area contributed by atoms with Gasteiger partial charge in [0.25, 0.3) is 0 Å². The number of fused-ring (bicyclic) bond motifs is 1. The topological polar surface area (TPSA) is 84.2 Å². The van der Waals surface area contributed by atoms with Crippen LogP contribution in [0.3, 0.4) is 0 Å². The van der Waals surface area contributed by atoms with E-state index in [9.17, 15) is 4.21 Å². The van der Waals surface area contributed by atoms with Gasteiger partial charge in [0.2, 0.25) is 0 Å². The molecule has 0 spiro atoms. The average Bonchev–Trinajstić information content (AvgIpc) is 2.96. The number of nitrogens with zero attached hydrogens (tertiary/aromatic N) is 4. The van der Waals surface area contributed by atoms with Crippen molar-refractivity contribution in [2.75, 3.05) is 18.8 Å². The number of rotatable bonds is 8. The smallest absolute Gasteiger partial charge is 0.191 e. The molecule has 1 aliphatic heterocycles. The maximum Gasteiger partial charge on any atom is 0.191 e. The van der Waals surface area contributed by atoms with Gasteiger partial charge in [-0.3, -0.25) is 9.20 Å². The van der Waals surface area contributed by atoms with Gasteiger partial charge in [0.15, 0.2) is 5.96 Å². The Morgan fingerprint density at radius 3 is 2.93 bits per heavy atom. The highest BCUT2D eigenvalue weighted by Gasteiger charge is 2.26. The zero-order valence-electron chi connectivity index (χ0n) is 18.2. The van der Waals surface area contributed by atoms with Gasteiger partial charge in [-0.2, -0.15) is 0 Å². The lowest BCUT2D eigenvalue weighted by Gasteiger charge is -2.30. The third kappa shape index (κ3) is 6.52. The fourth-order valence-corrected chi connectivity index (χ4v) is 5.77. The highest BCUT2D eigenvalue weighted by atomic mass is 32.2. The molecule has 1 aromatic rings. The van der Waals surface area contributed by atoms with Crippen LogP contribution in [0.1, 0.15) is 76.9 Å². The van der Waals surface area contributed by atoms with E-state index in [0.29, 0.717) is 11.3 Å². The van der Waals surface area contributed by atoms with Crippen molar-refractivity contribution in [3.05, 3.63) is 11.6 Å². The highest BCUT2D eigenvalue weighted by Crippen LogP contribution is 2.23. The van der Waals surface area contributed by atoms with E-state index >= 15 is 0 Å². The summed E-state index contributed by atoms with van der Waals surface area (Å²) in [6, 6.07) is 0.370. The van der Waals surface area contributed by atoms with E-state index in [1.165, 1.54) is 19.3 Å². The van der Waals surface area contributed by atoms with E-state index in [4.69, 9.17) is 4.99 Å². The molecular formula is C21H38N6OS. The van der Waals surface area contributed by atoms with E-state index in [1.807, 2.05) is 6.92 Å². The first-order valence-electron chi connectivity index (χ1n) is 11.5. The molecule has 0 radical (unpaired) electrons. The molecule has 3 rings (SSSR count). The summed E-state index contributed by atoms with van der Waals surface area (Å²) in [5.74, 6) is 3.93. The first-order valence-corrected chi connectivity index (χ1v) is 12.9. The number of aromatic nitrogens is 3. The molecule has 7 nitrogen and oxygen atoms in total. The predicted molar refractivity (Wildman–Crippen MR) is 120 cm³/mol. The molecule has 2 N–H and O–H groups in total. The minimum Gasteiger partial charge on any atom is -0.357 e. The minimum absolute atomic E-state index is 0.331. The van der Waals surface area contributed by atoms with Crippen LogP contribution in [0.15, 0.2) is 4.99 Å². The van der Waals surface area contributed by atoms with E-state index < -0.39 is 10.8 Å². The van der Waals surface area contributed by atoms with Crippen LogP contribution < -0.4 is 10.6 Å². The molecule has 3 unspecified atom stereocenters. The van der Waals surface area contributed by atoms with Gasteiger partial charge >= 0.3 is 0 Å². The second-order valence-electron chi connectivity index (χ2n) is 8.16. The summed E-state index contributed by atoms with van der Waals surface area (Å²) in [6.07, 6.45) is 11.1. The van der Waals surface area contributed by atoms with Crippen LogP contribution in [-0.4, -0.2) is 55.1 Å². The van der Waals surface area contributed by atoms with Gasteiger partial charge in [-0.1, -0.05) is 19.8 Å². The second kappa shape index (κ2) is 11.7. The molecule has 2 aliphatic rings. The summed E-state index contributed by atoms with van der Waals surface area (Å²) in [5, 5.41) is 16.1. The number of guanidine groups is 1. The van der Waals surface area contributed by atoms with Crippen molar-refractivity contribution >= 4 is 16.8 Å².